The van der Waals surface area contributed by atoms with Gasteiger partial charge in [0.25, 0.3) is 5.91 Å². The molecule has 20 heavy (non-hydrogen) atoms. The van der Waals surface area contributed by atoms with Crippen molar-refractivity contribution in [3.63, 3.8) is 0 Å². The van der Waals surface area contributed by atoms with Crippen molar-refractivity contribution in [3.05, 3.63) is 0 Å². The Morgan fingerprint density at radius 3 is 2.60 bits per heavy atom. The summed E-state index contributed by atoms with van der Waals surface area (Å²) in [5.74, 6) is -0.572. The molecule has 2 aliphatic rings. The number of amides is 3. The third-order valence-corrected chi connectivity index (χ3v) is 3.34. The average molecular weight is 281 g/mol. The van der Waals surface area contributed by atoms with Gasteiger partial charge in [0.05, 0.1) is 6.54 Å². The number of hydrazone groups is 1. The smallest absolute Gasteiger partial charge is 0.270 e. The SMILES string of the molecule is CN(CC(=O)N1CCNCC1)C(=O)C1=NNC(=O)CC1. The molecule has 0 radical (unpaired) electrons. The van der Waals surface area contributed by atoms with Crippen molar-refractivity contribution in [1.29, 1.82) is 0 Å². The normalized spacial score (nSPS) is 19.1. The van der Waals surface area contributed by atoms with E-state index in [1.54, 1.807) is 11.9 Å². The summed E-state index contributed by atoms with van der Waals surface area (Å²) in [5.41, 5.74) is 2.57. The van der Waals surface area contributed by atoms with E-state index in [9.17, 15) is 14.4 Å². The van der Waals surface area contributed by atoms with Crippen molar-refractivity contribution in [2.45, 2.75) is 12.8 Å². The van der Waals surface area contributed by atoms with Gasteiger partial charge in [0, 0.05) is 46.1 Å². The monoisotopic (exact) mass is 281 g/mol. The second-order valence-corrected chi connectivity index (χ2v) is 4.89. The first-order valence-corrected chi connectivity index (χ1v) is 6.67. The average Bonchev–Trinajstić information content (AvgIpc) is 2.48. The van der Waals surface area contributed by atoms with Gasteiger partial charge in [-0.25, -0.2) is 5.43 Å². The maximum atomic E-state index is 12.1. The number of carbonyl (C=O) groups excluding carboxylic acids is 3. The van der Waals surface area contributed by atoms with Crippen molar-refractivity contribution in [1.82, 2.24) is 20.5 Å². The molecule has 2 aliphatic heterocycles. The van der Waals surface area contributed by atoms with E-state index in [4.69, 9.17) is 0 Å². The quantitative estimate of drug-likeness (QED) is 0.634. The van der Waals surface area contributed by atoms with E-state index >= 15 is 0 Å². The molecule has 0 aromatic carbocycles. The minimum Gasteiger partial charge on any atom is -0.339 e. The maximum Gasteiger partial charge on any atom is 0.270 e. The Labute approximate surface area is 117 Å². The number of piperazine rings is 1. The van der Waals surface area contributed by atoms with Crippen molar-refractivity contribution in [3.8, 4) is 0 Å². The van der Waals surface area contributed by atoms with Crippen molar-refractivity contribution in [2.24, 2.45) is 5.10 Å². The van der Waals surface area contributed by atoms with Crippen LogP contribution in [0.2, 0.25) is 0 Å². The molecule has 0 aliphatic carbocycles. The van der Waals surface area contributed by atoms with Gasteiger partial charge < -0.3 is 15.1 Å². The summed E-state index contributed by atoms with van der Waals surface area (Å²) in [6.07, 6.45) is 0.570. The number of carbonyl (C=O) groups is 3. The van der Waals surface area contributed by atoms with Crippen LogP contribution in [0.5, 0.6) is 0 Å². The van der Waals surface area contributed by atoms with Gasteiger partial charge in [0.2, 0.25) is 11.8 Å². The molecule has 110 valence electrons. The Balaban J connectivity index is 1.87. The standard InChI is InChI=1S/C12H19N5O3/c1-16(8-11(19)17-6-4-13-5-7-17)12(20)9-2-3-10(18)15-14-9/h13H,2-8H2,1H3,(H,15,18). The zero-order valence-corrected chi connectivity index (χ0v) is 11.5. The lowest BCUT2D eigenvalue weighted by atomic mass is 10.1. The molecule has 2 N–H and O–H groups in total. The molecule has 0 saturated carbocycles. The first-order chi connectivity index (χ1) is 9.58. The van der Waals surface area contributed by atoms with E-state index in [0.717, 1.165) is 13.1 Å². The predicted molar refractivity (Wildman–Crippen MR) is 71.9 cm³/mol. The van der Waals surface area contributed by atoms with Gasteiger partial charge in [-0.1, -0.05) is 0 Å². The van der Waals surface area contributed by atoms with Gasteiger partial charge in [0.15, 0.2) is 0 Å². The van der Waals surface area contributed by atoms with Crippen LogP contribution in [0.4, 0.5) is 0 Å². The van der Waals surface area contributed by atoms with Gasteiger partial charge >= 0.3 is 0 Å². The Morgan fingerprint density at radius 1 is 1.30 bits per heavy atom. The second kappa shape index (κ2) is 6.47. The number of hydrogen-bond acceptors (Lipinski definition) is 5. The molecule has 2 rings (SSSR count). The van der Waals surface area contributed by atoms with Crippen LogP contribution in [0.1, 0.15) is 12.8 Å². The number of nitrogens with one attached hydrogen (secondary N) is 2. The lowest BCUT2D eigenvalue weighted by Crippen LogP contribution is -2.50. The van der Waals surface area contributed by atoms with E-state index in [0.29, 0.717) is 25.2 Å². The molecule has 8 nitrogen and oxygen atoms in total. The zero-order valence-electron chi connectivity index (χ0n) is 11.5. The summed E-state index contributed by atoms with van der Waals surface area (Å²) in [6, 6.07) is 0. The van der Waals surface area contributed by atoms with E-state index in [-0.39, 0.29) is 30.7 Å². The predicted octanol–water partition coefficient (Wildman–Crippen LogP) is -1.86. The van der Waals surface area contributed by atoms with Gasteiger partial charge in [-0.15, -0.1) is 0 Å². The summed E-state index contributed by atoms with van der Waals surface area (Å²) >= 11 is 0. The first-order valence-electron chi connectivity index (χ1n) is 6.67. The minimum atomic E-state index is -0.312. The molecule has 2 heterocycles. The summed E-state index contributed by atoms with van der Waals surface area (Å²) in [7, 11) is 1.57. The summed E-state index contributed by atoms with van der Waals surface area (Å²) in [5, 5.41) is 6.91. The lowest BCUT2D eigenvalue weighted by molar-refractivity contribution is -0.137. The van der Waals surface area contributed by atoms with Crippen LogP contribution in [0.15, 0.2) is 5.10 Å². The Kier molecular flexibility index (Phi) is 4.67. The number of hydrogen-bond donors (Lipinski definition) is 2. The van der Waals surface area contributed by atoms with Gasteiger partial charge in [-0.3, -0.25) is 14.4 Å². The molecule has 1 fully saturated rings. The van der Waals surface area contributed by atoms with E-state index < -0.39 is 0 Å². The topological polar surface area (TPSA) is 94.1 Å². The number of nitrogens with zero attached hydrogens (tertiary/aromatic N) is 3. The van der Waals surface area contributed by atoms with E-state index in [1.165, 1.54) is 4.90 Å². The van der Waals surface area contributed by atoms with Crippen LogP contribution < -0.4 is 10.7 Å². The molecule has 0 aromatic heterocycles. The van der Waals surface area contributed by atoms with E-state index in [2.05, 4.69) is 15.8 Å². The van der Waals surface area contributed by atoms with Gasteiger partial charge in [-0.05, 0) is 0 Å². The second-order valence-electron chi connectivity index (χ2n) is 4.89. The minimum absolute atomic E-state index is 0.0335. The molecule has 3 amide bonds. The summed E-state index contributed by atoms with van der Waals surface area (Å²) < 4.78 is 0. The highest BCUT2D eigenvalue weighted by molar-refractivity contribution is 6.39. The number of likely N-dealkylation sites (N-methyl/N-ethyl adjacent to an activating group) is 1. The molecule has 8 heteroatoms. The van der Waals surface area contributed by atoms with E-state index in [1.807, 2.05) is 0 Å². The molecule has 0 atom stereocenters. The fourth-order valence-corrected chi connectivity index (χ4v) is 2.14. The molecule has 0 aromatic rings. The third kappa shape index (κ3) is 3.53. The van der Waals surface area contributed by atoms with Gasteiger partial charge in [0.1, 0.15) is 5.71 Å². The molecular weight excluding hydrogens is 262 g/mol. The fourth-order valence-electron chi connectivity index (χ4n) is 2.14. The van der Waals surface area contributed by atoms with Crippen LogP contribution in [-0.2, 0) is 14.4 Å². The Bertz CT molecular complexity index is 442. The van der Waals surface area contributed by atoms with Crippen LogP contribution in [0.25, 0.3) is 0 Å². The highest BCUT2D eigenvalue weighted by atomic mass is 16.2. The Morgan fingerprint density at radius 2 is 2.00 bits per heavy atom. The zero-order chi connectivity index (χ0) is 14.5. The summed E-state index contributed by atoms with van der Waals surface area (Å²) in [4.78, 5) is 38.2. The van der Waals surface area contributed by atoms with Crippen LogP contribution >= 0.6 is 0 Å². The van der Waals surface area contributed by atoms with Crippen molar-refractivity contribution < 1.29 is 14.4 Å². The number of rotatable bonds is 3. The molecule has 0 unspecified atom stereocenters. The van der Waals surface area contributed by atoms with Crippen LogP contribution in [-0.4, -0.2) is 73.0 Å². The fraction of sp³-hybridized carbons (Fsp3) is 0.667. The third-order valence-electron chi connectivity index (χ3n) is 3.34. The molecule has 0 spiro atoms. The maximum absolute atomic E-state index is 12.1. The van der Waals surface area contributed by atoms with Crippen molar-refractivity contribution >= 4 is 23.4 Å². The molecular formula is C12H19N5O3. The Hall–Kier alpha value is -1.96. The van der Waals surface area contributed by atoms with Crippen LogP contribution in [0, 0.1) is 0 Å². The summed E-state index contributed by atoms with van der Waals surface area (Å²) in [6.45, 7) is 2.92. The highest BCUT2D eigenvalue weighted by Gasteiger charge is 2.24. The first kappa shape index (κ1) is 14.4. The van der Waals surface area contributed by atoms with Crippen LogP contribution in [0.3, 0.4) is 0 Å². The largest absolute Gasteiger partial charge is 0.339 e. The molecule has 0 bridgehead atoms. The molecule has 1 saturated heterocycles. The lowest BCUT2D eigenvalue weighted by Gasteiger charge is -2.29. The van der Waals surface area contributed by atoms with Gasteiger partial charge in [-0.2, -0.15) is 5.10 Å². The van der Waals surface area contributed by atoms with Crippen molar-refractivity contribution in [2.75, 3.05) is 39.8 Å². The highest BCUT2D eigenvalue weighted by Crippen LogP contribution is 2.03.